The van der Waals surface area contributed by atoms with Gasteiger partial charge in [0.2, 0.25) is 17.7 Å². The third-order valence-corrected chi connectivity index (χ3v) is 5.41. The van der Waals surface area contributed by atoms with Crippen molar-refractivity contribution in [3.8, 4) is 0 Å². The Kier molecular flexibility index (Phi) is 30.2. The Morgan fingerprint density at radius 3 is 1.33 bits per heavy atom. The van der Waals surface area contributed by atoms with Crippen LogP contribution in [0.15, 0.2) is 50.6 Å². The van der Waals surface area contributed by atoms with Crippen LogP contribution in [0.1, 0.15) is 6.42 Å². The van der Waals surface area contributed by atoms with E-state index in [0.717, 1.165) is 19.2 Å². The van der Waals surface area contributed by atoms with Gasteiger partial charge in [0.15, 0.2) is 0 Å². The molecule has 244 valence electrons. The minimum Gasteiger partial charge on any atom is -0.748 e. The number of rotatable bonds is 17. The summed E-state index contributed by atoms with van der Waals surface area (Å²) in [7, 11) is 7.53. The minimum absolute atomic E-state index is 0.109. The van der Waals surface area contributed by atoms with Crippen LogP contribution in [0, 0.1) is 0 Å². The van der Waals surface area contributed by atoms with Crippen molar-refractivity contribution in [2.45, 2.75) is 6.42 Å². The molecule has 15 heteroatoms. The molecule has 0 aliphatic rings. The molecule has 0 atom stereocenters. The molecule has 4 N–H and O–H groups in total. The lowest BCUT2D eigenvalue weighted by molar-refractivity contribution is -0.889. The third kappa shape index (κ3) is 46.5. The summed E-state index contributed by atoms with van der Waals surface area (Å²) in [6.07, 6.45) is 4.91. The Labute approximate surface area is 252 Å². The van der Waals surface area contributed by atoms with Crippen LogP contribution in [0.5, 0.6) is 0 Å². The predicted molar refractivity (Wildman–Crippen MR) is 166 cm³/mol. The minimum atomic E-state index is -4.13. The van der Waals surface area contributed by atoms with Gasteiger partial charge in [-0.15, -0.1) is 0 Å². The zero-order valence-corrected chi connectivity index (χ0v) is 26.9. The molecule has 0 aromatic carbocycles. The van der Waals surface area contributed by atoms with Crippen molar-refractivity contribution in [1.82, 2.24) is 25.8 Å². The fourth-order valence-electron chi connectivity index (χ4n) is 2.28. The van der Waals surface area contributed by atoms with Gasteiger partial charge < -0.3 is 39.9 Å². The molecule has 0 unspecified atom stereocenters. The lowest BCUT2D eigenvalue weighted by Gasteiger charge is -2.30. The van der Waals surface area contributed by atoms with Crippen LogP contribution in [-0.4, -0.2) is 150 Å². The average molecular weight is 621 g/mol. The summed E-state index contributed by atoms with van der Waals surface area (Å²) in [5.74, 6) is -1.77. The van der Waals surface area contributed by atoms with Crippen molar-refractivity contribution in [1.29, 1.82) is 0 Å². The average Bonchev–Trinajstić information content (AvgIpc) is 2.87. The fourth-order valence-corrected chi connectivity index (χ4v) is 2.77. The molecule has 0 aromatic rings. The van der Waals surface area contributed by atoms with Gasteiger partial charge in [0.05, 0.1) is 43.8 Å². The number of hydrogen-bond donors (Lipinski definition) is 4. The van der Waals surface area contributed by atoms with Gasteiger partial charge in [-0.3, -0.25) is 14.4 Å². The quantitative estimate of drug-likeness (QED) is 0.0916. The molecule has 0 spiro atoms. The maximum absolute atomic E-state index is 10.9. The first-order valence-corrected chi connectivity index (χ1v) is 14.5. The highest BCUT2D eigenvalue weighted by atomic mass is 32.2. The number of carbonyl (C=O) groups is 4. The van der Waals surface area contributed by atoms with Crippen LogP contribution in [0.25, 0.3) is 0 Å². The normalized spacial score (nSPS) is 10.2. The topological polar surface area (TPSA) is 188 Å². The number of carboxylic acids is 1. The number of carbonyl (C=O) groups excluding carboxylic acids is 3. The molecule has 0 saturated heterocycles. The van der Waals surface area contributed by atoms with Gasteiger partial charge in [-0.1, -0.05) is 26.3 Å². The van der Waals surface area contributed by atoms with Gasteiger partial charge in [0.1, 0.15) is 0 Å². The van der Waals surface area contributed by atoms with Gasteiger partial charge in [-0.05, 0) is 46.4 Å². The SMILES string of the molecule is C=CC(=O)NCCN(C)C.C=CC(=O)NCCN(C)C.C=CC(=O)NCC[N+](C)(C)CCCS(=O)(=O)[O-].C=CC(=O)O. The van der Waals surface area contributed by atoms with E-state index in [4.69, 9.17) is 5.11 Å². The molecule has 0 bridgehead atoms. The molecule has 0 heterocycles. The van der Waals surface area contributed by atoms with E-state index in [-0.39, 0.29) is 23.5 Å². The molecule has 0 aliphatic carbocycles. The monoisotopic (exact) mass is 620 g/mol. The molecule has 14 nitrogen and oxygen atoms in total. The Morgan fingerprint density at radius 1 is 0.738 bits per heavy atom. The first kappa shape index (κ1) is 45.6. The molecule has 3 amide bonds. The largest absolute Gasteiger partial charge is 0.748 e. The van der Waals surface area contributed by atoms with Crippen LogP contribution in [0.2, 0.25) is 0 Å². The molecule has 0 rings (SSSR count). The van der Waals surface area contributed by atoms with Gasteiger partial charge in [0.25, 0.3) is 0 Å². The molecule has 0 aromatic heterocycles. The smallest absolute Gasteiger partial charge is 0.327 e. The highest BCUT2D eigenvalue weighted by molar-refractivity contribution is 7.85. The number of amides is 3. The van der Waals surface area contributed by atoms with E-state index >= 15 is 0 Å². The van der Waals surface area contributed by atoms with Gasteiger partial charge in [-0.2, -0.15) is 0 Å². The molecule has 0 radical (unpaired) electrons. The summed E-state index contributed by atoms with van der Waals surface area (Å²) in [6, 6.07) is 0. The van der Waals surface area contributed by atoms with E-state index in [2.05, 4.69) is 42.3 Å². The van der Waals surface area contributed by atoms with E-state index in [1.807, 2.05) is 52.1 Å². The highest BCUT2D eigenvalue weighted by Crippen LogP contribution is 2.00. The van der Waals surface area contributed by atoms with Gasteiger partial charge in [-0.25, -0.2) is 13.2 Å². The van der Waals surface area contributed by atoms with Crippen LogP contribution in [0.3, 0.4) is 0 Å². The number of quaternary nitrogens is 1. The second-order valence-electron chi connectivity index (χ2n) is 9.63. The summed E-state index contributed by atoms with van der Waals surface area (Å²) in [5.41, 5.74) is 0. The van der Waals surface area contributed by atoms with E-state index < -0.39 is 16.1 Å². The molecule has 42 heavy (non-hydrogen) atoms. The maximum Gasteiger partial charge on any atom is 0.327 e. The lowest BCUT2D eigenvalue weighted by atomic mass is 10.3. The van der Waals surface area contributed by atoms with Crippen LogP contribution >= 0.6 is 0 Å². The maximum atomic E-state index is 10.9. The van der Waals surface area contributed by atoms with E-state index in [9.17, 15) is 32.1 Å². The Morgan fingerprint density at radius 2 is 1.07 bits per heavy atom. The lowest BCUT2D eigenvalue weighted by Crippen LogP contribution is -2.46. The van der Waals surface area contributed by atoms with Crippen molar-refractivity contribution in [3.63, 3.8) is 0 Å². The summed E-state index contributed by atoms with van der Waals surface area (Å²) in [5, 5.41) is 15.6. The zero-order valence-electron chi connectivity index (χ0n) is 26.1. The van der Waals surface area contributed by atoms with Gasteiger partial charge in [0, 0.05) is 44.4 Å². The van der Waals surface area contributed by atoms with Crippen LogP contribution in [0.4, 0.5) is 0 Å². The Balaban J connectivity index is -0.000000249. The van der Waals surface area contributed by atoms with E-state index in [1.54, 1.807) is 0 Å². The summed E-state index contributed by atoms with van der Waals surface area (Å²) < 4.78 is 31.8. The molecular formula is C27H52N6O8S. The fraction of sp³-hybridized carbons (Fsp3) is 0.556. The zero-order chi connectivity index (χ0) is 33.8. The first-order chi connectivity index (χ1) is 19.3. The Hall–Kier alpha value is -3.37. The van der Waals surface area contributed by atoms with Crippen molar-refractivity contribution in [2.24, 2.45) is 0 Å². The number of likely N-dealkylation sites (N-methyl/N-ethyl adjacent to an activating group) is 3. The molecular weight excluding hydrogens is 568 g/mol. The van der Waals surface area contributed by atoms with E-state index in [1.165, 1.54) is 18.2 Å². The second kappa shape index (κ2) is 27.8. The number of nitrogens with zero attached hydrogens (tertiary/aromatic N) is 3. The predicted octanol–water partition coefficient (Wildman–Crippen LogP) is -0.742. The van der Waals surface area contributed by atoms with Crippen molar-refractivity contribution in [2.75, 3.05) is 93.9 Å². The second-order valence-corrected chi connectivity index (χ2v) is 11.2. The molecule has 0 fully saturated rings. The first-order valence-electron chi connectivity index (χ1n) is 12.9. The van der Waals surface area contributed by atoms with Crippen molar-refractivity contribution in [3.05, 3.63) is 50.6 Å². The summed E-state index contributed by atoms with van der Waals surface area (Å²) in [4.78, 5) is 45.2. The highest BCUT2D eigenvalue weighted by Gasteiger charge is 2.15. The van der Waals surface area contributed by atoms with Crippen LogP contribution in [-0.2, 0) is 29.3 Å². The number of hydrogen-bond acceptors (Lipinski definition) is 9. The van der Waals surface area contributed by atoms with Crippen LogP contribution < -0.4 is 16.0 Å². The number of carboxylic acid groups (broad SMARTS) is 1. The van der Waals surface area contributed by atoms with E-state index in [0.29, 0.717) is 43.6 Å². The molecule has 0 saturated carbocycles. The third-order valence-electron chi connectivity index (χ3n) is 4.62. The number of nitrogens with one attached hydrogen (secondary N) is 3. The number of aliphatic carboxylic acids is 1. The van der Waals surface area contributed by atoms with Crippen molar-refractivity contribution >= 4 is 33.8 Å². The van der Waals surface area contributed by atoms with Gasteiger partial charge >= 0.3 is 5.97 Å². The summed E-state index contributed by atoms with van der Waals surface area (Å²) >= 11 is 0. The van der Waals surface area contributed by atoms with Crippen molar-refractivity contribution < 1.29 is 41.7 Å². The molecule has 0 aliphatic heterocycles. The summed E-state index contributed by atoms with van der Waals surface area (Å²) in [6.45, 7) is 17.8. The standard InChI is InChI=1S/C10H20N2O4S.2C7H14N2O.C3H4O2/c1-4-10(13)11-6-8-12(2,3)7-5-9-17(14,15)16;2*1-4-7(10)8-5-6-9(2)3;1-2-3(4)5/h4H,1,5-9H2,2-3H3,(H-,11,13,14,15,16);2*4H,1,5-6H2,2-3H3,(H,8,10);2H,1H2,(H,4,5). The Bertz CT molecular complexity index is 905.